The first-order valence-corrected chi connectivity index (χ1v) is 10.4. The van der Waals surface area contributed by atoms with Crippen LogP contribution in [0.3, 0.4) is 0 Å². The van der Waals surface area contributed by atoms with Crippen molar-refractivity contribution in [1.29, 1.82) is 0 Å². The molecule has 7 heteroatoms. The smallest absolute Gasteiger partial charge is 0.258 e. The summed E-state index contributed by atoms with van der Waals surface area (Å²) in [5, 5.41) is 4.19. The summed E-state index contributed by atoms with van der Waals surface area (Å²) in [5.41, 5.74) is 4.77. The Bertz CT molecular complexity index is 1430. The zero-order chi connectivity index (χ0) is 23.0. The van der Waals surface area contributed by atoms with Crippen molar-refractivity contribution in [3.63, 3.8) is 0 Å². The molecule has 0 atom stereocenters. The van der Waals surface area contributed by atoms with Gasteiger partial charge in [-0.3, -0.25) is 14.6 Å². The van der Waals surface area contributed by atoms with Crippen molar-refractivity contribution in [3.05, 3.63) is 86.9 Å². The number of halogens is 1. The van der Waals surface area contributed by atoms with E-state index < -0.39 is 0 Å². The van der Waals surface area contributed by atoms with Crippen molar-refractivity contribution in [3.8, 4) is 16.9 Å². The van der Waals surface area contributed by atoms with E-state index in [2.05, 4.69) is 10.3 Å². The molecular weight excluding hydrogens is 426 g/mol. The SMILES string of the molecule is COc1cc(C(=O)Nc2ccc(C)c(-c3cc4cnc(C)cc4n(C)c3=O)c2)ccc1Cl. The van der Waals surface area contributed by atoms with Crippen molar-refractivity contribution < 1.29 is 9.53 Å². The molecule has 0 spiro atoms. The Kier molecular flexibility index (Phi) is 5.72. The summed E-state index contributed by atoms with van der Waals surface area (Å²) in [4.78, 5) is 30.3. The van der Waals surface area contributed by atoms with Crippen molar-refractivity contribution in [1.82, 2.24) is 9.55 Å². The number of aromatic nitrogens is 2. The van der Waals surface area contributed by atoms with Crippen LogP contribution in [0.1, 0.15) is 21.6 Å². The number of fused-ring (bicyclic) bond motifs is 1. The van der Waals surface area contributed by atoms with Crippen LogP contribution in [0.2, 0.25) is 5.02 Å². The number of benzene rings is 2. The van der Waals surface area contributed by atoms with Crippen LogP contribution in [0.4, 0.5) is 5.69 Å². The maximum absolute atomic E-state index is 13.1. The number of hydrogen-bond donors (Lipinski definition) is 1. The fourth-order valence-corrected chi connectivity index (χ4v) is 3.85. The summed E-state index contributed by atoms with van der Waals surface area (Å²) in [6, 6.07) is 14.1. The molecule has 0 aliphatic rings. The van der Waals surface area contributed by atoms with Gasteiger partial charge in [-0.25, -0.2) is 0 Å². The van der Waals surface area contributed by atoms with Crippen LogP contribution in [0, 0.1) is 13.8 Å². The summed E-state index contributed by atoms with van der Waals surface area (Å²) in [6.07, 6.45) is 1.77. The minimum absolute atomic E-state index is 0.114. The zero-order valence-electron chi connectivity index (χ0n) is 18.2. The second kappa shape index (κ2) is 8.48. The molecule has 0 aliphatic carbocycles. The van der Waals surface area contributed by atoms with Gasteiger partial charge < -0.3 is 14.6 Å². The molecule has 4 aromatic rings. The summed E-state index contributed by atoms with van der Waals surface area (Å²) >= 11 is 6.05. The van der Waals surface area contributed by atoms with Crippen LogP contribution in [0.25, 0.3) is 22.0 Å². The van der Waals surface area contributed by atoms with Crippen molar-refractivity contribution >= 4 is 34.1 Å². The van der Waals surface area contributed by atoms with Crippen LogP contribution in [-0.4, -0.2) is 22.6 Å². The molecule has 1 N–H and O–H groups in total. The van der Waals surface area contributed by atoms with Crippen LogP contribution in [0.15, 0.2) is 59.5 Å². The first-order chi connectivity index (χ1) is 15.3. The van der Waals surface area contributed by atoms with E-state index in [1.807, 2.05) is 38.1 Å². The lowest BCUT2D eigenvalue weighted by atomic mass is 9.99. The van der Waals surface area contributed by atoms with Gasteiger partial charge in [0.1, 0.15) is 5.75 Å². The fraction of sp³-hybridized carbons (Fsp3) is 0.160. The third kappa shape index (κ3) is 3.97. The number of carbonyl (C=O) groups excluding carboxylic acids is 1. The average molecular weight is 448 g/mol. The minimum Gasteiger partial charge on any atom is -0.495 e. The Morgan fingerprint density at radius 1 is 1.06 bits per heavy atom. The summed E-state index contributed by atoms with van der Waals surface area (Å²) in [6.45, 7) is 3.83. The number of amides is 1. The topological polar surface area (TPSA) is 73.2 Å². The summed E-state index contributed by atoms with van der Waals surface area (Å²) < 4.78 is 6.82. The maximum atomic E-state index is 13.1. The normalized spacial score (nSPS) is 10.9. The van der Waals surface area contributed by atoms with Gasteiger partial charge in [0.05, 0.1) is 17.6 Å². The van der Waals surface area contributed by atoms with Gasteiger partial charge in [-0.05, 0) is 67.4 Å². The highest BCUT2D eigenvalue weighted by molar-refractivity contribution is 6.32. The first kappa shape index (κ1) is 21.6. The van der Waals surface area contributed by atoms with Crippen molar-refractivity contribution in [2.24, 2.45) is 7.05 Å². The number of methoxy groups -OCH3 is 1. The van der Waals surface area contributed by atoms with Crippen molar-refractivity contribution in [2.45, 2.75) is 13.8 Å². The van der Waals surface area contributed by atoms with Gasteiger partial charge in [0.2, 0.25) is 0 Å². The molecule has 2 aromatic heterocycles. The van der Waals surface area contributed by atoms with Crippen LogP contribution >= 0.6 is 11.6 Å². The molecule has 162 valence electrons. The Labute approximate surface area is 190 Å². The third-order valence-corrected chi connectivity index (χ3v) is 5.76. The Hall–Kier alpha value is -3.64. The number of anilines is 1. The molecule has 0 aliphatic heterocycles. The van der Waals surface area contributed by atoms with Gasteiger partial charge in [0.15, 0.2) is 0 Å². The van der Waals surface area contributed by atoms with E-state index in [-0.39, 0.29) is 11.5 Å². The Morgan fingerprint density at radius 2 is 1.84 bits per heavy atom. The van der Waals surface area contributed by atoms with E-state index in [9.17, 15) is 9.59 Å². The van der Waals surface area contributed by atoms with Gasteiger partial charge in [-0.1, -0.05) is 17.7 Å². The second-order valence-corrected chi connectivity index (χ2v) is 8.05. The van der Waals surface area contributed by atoms with Gasteiger partial charge in [-0.2, -0.15) is 0 Å². The highest BCUT2D eigenvalue weighted by Crippen LogP contribution is 2.28. The number of nitrogens with one attached hydrogen (secondary N) is 1. The molecule has 2 aromatic carbocycles. The molecule has 0 saturated heterocycles. The molecule has 1 amide bonds. The Morgan fingerprint density at radius 3 is 2.59 bits per heavy atom. The lowest BCUT2D eigenvalue weighted by molar-refractivity contribution is 0.102. The molecule has 6 nitrogen and oxygen atoms in total. The molecule has 0 bridgehead atoms. The first-order valence-electron chi connectivity index (χ1n) is 10.0. The van der Waals surface area contributed by atoms with E-state index in [1.165, 1.54) is 7.11 Å². The predicted octanol–water partition coefficient (Wildman–Crippen LogP) is 5.13. The quantitative estimate of drug-likeness (QED) is 0.470. The molecular formula is C25H22ClN3O3. The van der Waals surface area contributed by atoms with Gasteiger partial charge >= 0.3 is 0 Å². The summed E-state index contributed by atoms with van der Waals surface area (Å²) in [5.74, 6) is 0.119. The molecule has 4 rings (SSSR count). The van der Waals surface area contributed by atoms with Gasteiger partial charge in [0, 0.05) is 41.1 Å². The second-order valence-electron chi connectivity index (χ2n) is 7.64. The average Bonchev–Trinajstić information content (AvgIpc) is 2.78. The highest BCUT2D eigenvalue weighted by atomic mass is 35.5. The van der Waals surface area contributed by atoms with Crippen molar-refractivity contribution in [2.75, 3.05) is 12.4 Å². The number of nitrogens with zero attached hydrogens (tertiary/aromatic N) is 2. The Balaban J connectivity index is 1.74. The molecule has 0 radical (unpaired) electrons. The molecule has 2 heterocycles. The van der Waals surface area contributed by atoms with Crippen LogP contribution in [0.5, 0.6) is 5.75 Å². The standard InChI is InChI=1S/C25H22ClN3O3/c1-14-5-7-18(28-24(30)16-6-8-21(26)23(11-16)32-4)12-19(14)20-10-17-13-27-15(2)9-22(17)29(3)25(20)31/h5-13H,1-4H3,(H,28,30). The number of carbonyl (C=O) groups is 1. The maximum Gasteiger partial charge on any atom is 0.258 e. The predicted molar refractivity (Wildman–Crippen MR) is 128 cm³/mol. The van der Waals surface area contributed by atoms with Gasteiger partial charge in [0.25, 0.3) is 11.5 Å². The van der Waals surface area contributed by atoms with Crippen LogP contribution in [-0.2, 0) is 7.05 Å². The lowest BCUT2D eigenvalue weighted by Gasteiger charge is -2.13. The molecule has 0 unspecified atom stereocenters. The van der Waals surface area contributed by atoms with E-state index in [1.54, 1.807) is 42.1 Å². The third-order valence-electron chi connectivity index (χ3n) is 5.44. The molecule has 32 heavy (non-hydrogen) atoms. The lowest BCUT2D eigenvalue weighted by Crippen LogP contribution is -2.19. The number of pyridine rings is 2. The van der Waals surface area contributed by atoms with Gasteiger partial charge in [-0.15, -0.1) is 0 Å². The number of ether oxygens (including phenoxy) is 1. The minimum atomic E-state index is -0.305. The number of aryl methyl sites for hydroxylation is 3. The van der Waals surface area contributed by atoms with E-state index in [0.29, 0.717) is 27.6 Å². The van der Waals surface area contributed by atoms with Crippen LogP contribution < -0.4 is 15.6 Å². The van der Waals surface area contributed by atoms with E-state index >= 15 is 0 Å². The fourth-order valence-electron chi connectivity index (χ4n) is 3.65. The van der Waals surface area contributed by atoms with E-state index in [4.69, 9.17) is 16.3 Å². The zero-order valence-corrected chi connectivity index (χ0v) is 18.9. The largest absolute Gasteiger partial charge is 0.495 e. The molecule has 0 saturated carbocycles. The van der Waals surface area contributed by atoms with E-state index in [0.717, 1.165) is 27.7 Å². The molecule has 0 fully saturated rings. The number of rotatable bonds is 4. The monoisotopic (exact) mass is 447 g/mol. The number of hydrogen-bond acceptors (Lipinski definition) is 4. The summed E-state index contributed by atoms with van der Waals surface area (Å²) in [7, 11) is 3.25. The highest BCUT2D eigenvalue weighted by Gasteiger charge is 2.14.